The summed E-state index contributed by atoms with van der Waals surface area (Å²) in [6.45, 7) is 3.61. The Balaban J connectivity index is 2.53. The summed E-state index contributed by atoms with van der Waals surface area (Å²) in [6, 6.07) is 0. The summed E-state index contributed by atoms with van der Waals surface area (Å²) in [7, 11) is 3.42. The number of hydrogen-bond acceptors (Lipinski definition) is 4. The van der Waals surface area contributed by atoms with E-state index in [-0.39, 0.29) is 12.1 Å². The molecule has 1 aliphatic carbocycles. The zero-order chi connectivity index (χ0) is 13.6. The average Bonchev–Trinajstić information content (AvgIpc) is 2.36. The first kappa shape index (κ1) is 15.4. The van der Waals surface area contributed by atoms with Gasteiger partial charge in [-0.2, -0.15) is 5.48 Å². The Labute approximate surface area is 110 Å². The molecule has 1 rings (SSSR count). The van der Waals surface area contributed by atoms with Crippen molar-refractivity contribution in [1.82, 2.24) is 16.1 Å². The van der Waals surface area contributed by atoms with E-state index in [1.54, 1.807) is 13.8 Å². The van der Waals surface area contributed by atoms with Gasteiger partial charge < -0.3 is 15.5 Å². The van der Waals surface area contributed by atoms with Crippen LogP contribution in [0.2, 0.25) is 0 Å². The van der Waals surface area contributed by atoms with Crippen LogP contribution in [0.15, 0.2) is 0 Å². The second-order valence-corrected chi connectivity index (χ2v) is 5.57. The second-order valence-electron chi connectivity index (χ2n) is 5.57. The summed E-state index contributed by atoms with van der Waals surface area (Å²) < 4.78 is 0. The lowest BCUT2D eigenvalue weighted by Crippen LogP contribution is -2.58. The molecule has 0 aromatic rings. The number of nitrogens with one attached hydrogen (secondary N) is 3. The van der Waals surface area contributed by atoms with Gasteiger partial charge in [0.1, 0.15) is 5.54 Å². The summed E-state index contributed by atoms with van der Waals surface area (Å²) in [6.07, 6.45) is 6.26. The first-order valence-electron chi connectivity index (χ1n) is 6.79. The molecule has 3 N–H and O–H groups in total. The fraction of sp³-hybridized carbons (Fsp3) is 0.923. The Morgan fingerprint density at radius 1 is 1.28 bits per heavy atom. The number of amides is 1. The molecule has 1 atom stereocenters. The van der Waals surface area contributed by atoms with Crippen molar-refractivity contribution < 1.29 is 9.63 Å². The topological polar surface area (TPSA) is 62.4 Å². The normalized spacial score (nSPS) is 19.6. The van der Waals surface area contributed by atoms with Gasteiger partial charge in [-0.15, -0.1) is 0 Å². The molecular formula is C13H27N3O2. The largest absolute Gasteiger partial charge is 0.339 e. The van der Waals surface area contributed by atoms with Crippen LogP contribution in [0.5, 0.6) is 0 Å². The van der Waals surface area contributed by atoms with Crippen LogP contribution < -0.4 is 16.1 Å². The summed E-state index contributed by atoms with van der Waals surface area (Å²) in [5.74, 6) is 0.486. The monoisotopic (exact) mass is 257 g/mol. The molecule has 0 aliphatic heterocycles. The van der Waals surface area contributed by atoms with Crippen molar-refractivity contribution in [3.63, 3.8) is 0 Å². The van der Waals surface area contributed by atoms with Gasteiger partial charge >= 0.3 is 0 Å². The minimum Gasteiger partial charge on any atom is -0.339 e. The standard InChI is InChI=1S/C13H27N3O2/c1-13(2,16-18-4)12(17)15-11(14-3)10-8-6-5-7-9-10/h10-11,14,16H,5-9H2,1-4H3,(H,15,17). The van der Waals surface area contributed by atoms with Crippen LogP contribution in [0.25, 0.3) is 0 Å². The van der Waals surface area contributed by atoms with E-state index in [0.29, 0.717) is 5.92 Å². The van der Waals surface area contributed by atoms with Gasteiger partial charge in [0, 0.05) is 0 Å². The maximum Gasteiger partial charge on any atom is 0.243 e. The van der Waals surface area contributed by atoms with Gasteiger partial charge in [-0.3, -0.25) is 4.79 Å². The first-order valence-corrected chi connectivity index (χ1v) is 6.79. The number of rotatable bonds is 6. The molecule has 0 spiro atoms. The molecule has 5 heteroatoms. The first-order chi connectivity index (χ1) is 8.51. The van der Waals surface area contributed by atoms with Crippen LogP contribution in [-0.4, -0.2) is 31.8 Å². The molecule has 1 fully saturated rings. The second kappa shape index (κ2) is 7.07. The van der Waals surface area contributed by atoms with E-state index in [9.17, 15) is 4.79 Å². The number of hydroxylamine groups is 1. The fourth-order valence-corrected chi connectivity index (χ4v) is 2.52. The molecule has 106 valence electrons. The lowest BCUT2D eigenvalue weighted by Gasteiger charge is -2.33. The number of carbonyl (C=O) groups excluding carboxylic acids is 1. The molecule has 0 aromatic carbocycles. The molecule has 0 saturated heterocycles. The Morgan fingerprint density at radius 3 is 2.39 bits per heavy atom. The predicted molar refractivity (Wildman–Crippen MR) is 71.8 cm³/mol. The lowest BCUT2D eigenvalue weighted by molar-refractivity contribution is -0.133. The molecule has 1 saturated carbocycles. The quantitative estimate of drug-likeness (QED) is 0.493. The molecule has 1 unspecified atom stereocenters. The molecule has 5 nitrogen and oxygen atoms in total. The molecule has 1 amide bonds. The van der Waals surface area contributed by atoms with Crippen molar-refractivity contribution in [2.75, 3.05) is 14.2 Å². The van der Waals surface area contributed by atoms with Gasteiger partial charge in [0.15, 0.2) is 0 Å². The third-order valence-corrected chi connectivity index (χ3v) is 3.64. The maximum atomic E-state index is 12.2. The van der Waals surface area contributed by atoms with E-state index in [1.807, 2.05) is 7.05 Å². The van der Waals surface area contributed by atoms with Crippen LogP contribution in [0.4, 0.5) is 0 Å². The van der Waals surface area contributed by atoms with Gasteiger partial charge in [-0.1, -0.05) is 19.3 Å². The smallest absolute Gasteiger partial charge is 0.243 e. The van der Waals surface area contributed by atoms with Gasteiger partial charge in [0.2, 0.25) is 5.91 Å². The van der Waals surface area contributed by atoms with E-state index in [0.717, 1.165) is 0 Å². The fourth-order valence-electron chi connectivity index (χ4n) is 2.52. The van der Waals surface area contributed by atoms with Crippen molar-refractivity contribution in [2.24, 2.45) is 5.92 Å². The van der Waals surface area contributed by atoms with E-state index >= 15 is 0 Å². The van der Waals surface area contributed by atoms with Gasteiger partial charge in [-0.05, 0) is 39.7 Å². The molecule has 18 heavy (non-hydrogen) atoms. The highest BCUT2D eigenvalue weighted by Gasteiger charge is 2.31. The van der Waals surface area contributed by atoms with Crippen molar-refractivity contribution in [1.29, 1.82) is 0 Å². The van der Waals surface area contributed by atoms with E-state index in [4.69, 9.17) is 4.84 Å². The van der Waals surface area contributed by atoms with Crippen LogP contribution >= 0.6 is 0 Å². The van der Waals surface area contributed by atoms with Gasteiger partial charge in [0.25, 0.3) is 0 Å². The Kier molecular flexibility index (Phi) is 6.05. The average molecular weight is 257 g/mol. The molecule has 1 aliphatic rings. The molecule has 0 bridgehead atoms. The Hall–Kier alpha value is -0.650. The van der Waals surface area contributed by atoms with Crippen LogP contribution in [-0.2, 0) is 9.63 Å². The minimum absolute atomic E-state index is 0.0470. The van der Waals surface area contributed by atoms with Crippen molar-refractivity contribution >= 4 is 5.91 Å². The van der Waals surface area contributed by atoms with Gasteiger partial charge in [0.05, 0.1) is 13.3 Å². The van der Waals surface area contributed by atoms with E-state index < -0.39 is 5.54 Å². The van der Waals surface area contributed by atoms with Crippen molar-refractivity contribution in [2.45, 2.75) is 57.7 Å². The zero-order valence-corrected chi connectivity index (χ0v) is 12.0. The maximum absolute atomic E-state index is 12.2. The van der Waals surface area contributed by atoms with Crippen molar-refractivity contribution in [3.8, 4) is 0 Å². The van der Waals surface area contributed by atoms with Crippen LogP contribution in [0.1, 0.15) is 46.0 Å². The minimum atomic E-state index is -0.724. The number of hydrogen-bond donors (Lipinski definition) is 3. The Bertz CT molecular complexity index is 263. The Morgan fingerprint density at radius 2 is 1.89 bits per heavy atom. The third kappa shape index (κ3) is 4.23. The van der Waals surface area contributed by atoms with Crippen LogP contribution in [0, 0.1) is 5.92 Å². The highest BCUT2D eigenvalue weighted by atomic mass is 16.6. The van der Waals surface area contributed by atoms with Crippen LogP contribution in [0.3, 0.4) is 0 Å². The van der Waals surface area contributed by atoms with E-state index in [2.05, 4.69) is 16.1 Å². The van der Waals surface area contributed by atoms with Gasteiger partial charge in [-0.25, -0.2) is 0 Å². The SMILES string of the molecule is CNC(NC(=O)C(C)(C)NOC)C1CCCCC1. The summed E-state index contributed by atoms with van der Waals surface area (Å²) in [4.78, 5) is 17.0. The highest BCUT2D eigenvalue weighted by Crippen LogP contribution is 2.25. The number of carbonyl (C=O) groups is 1. The molecule has 0 heterocycles. The van der Waals surface area contributed by atoms with Crippen molar-refractivity contribution in [3.05, 3.63) is 0 Å². The molecule has 0 aromatic heterocycles. The summed E-state index contributed by atoms with van der Waals surface area (Å²) in [5.41, 5.74) is 1.99. The predicted octanol–water partition coefficient (Wildman–Crippen LogP) is 1.16. The lowest BCUT2D eigenvalue weighted by atomic mass is 9.86. The van der Waals surface area contributed by atoms with E-state index in [1.165, 1.54) is 39.2 Å². The zero-order valence-electron chi connectivity index (χ0n) is 12.0. The third-order valence-electron chi connectivity index (χ3n) is 3.64. The summed E-state index contributed by atoms with van der Waals surface area (Å²) >= 11 is 0. The summed E-state index contributed by atoms with van der Waals surface area (Å²) in [5, 5.41) is 6.29. The molecular weight excluding hydrogens is 230 g/mol. The highest BCUT2D eigenvalue weighted by molar-refractivity contribution is 5.85. The molecule has 0 radical (unpaired) electrons.